The fraction of sp³-hybridized carbons (Fsp3) is 0.667. The molecule has 1 unspecified atom stereocenters. The van der Waals surface area contributed by atoms with Gasteiger partial charge < -0.3 is 0 Å². The van der Waals surface area contributed by atoms with E-state index in [1.807, 2.05) is 0 Å². The highest BCUT2D eigenvalue weighted by Gasteiger charge is 2.13. The third-order valence-corrected chi connectivity index (χ3v) is 1.72. The van der Waals surface area contributed by atoms with E-state index in [1.54, 1.807) is 0 Å². The average molecular weight is 113 g/mol. The molecule has 0 aromatic rings. The van der Waals surface area contributed by atoms with Crippen molar-refractivity contribution in [2.45, 2.75) is 19.3 Å². The van der Waals surface area contributed by atoms with Gasteiger partial charge in [-0.1, -0.05) is 12.2 Å². The Morgan fingerprint density at radius 3 is 2.57 bits per heavy atom. The fourth-order valence-electron chi connectivity index (χ4n) is 0.891. The van der Waals surface area contributed by atoms with E-state index < -0.39 is 0 Å². The Morgan fingerprint density at radius 2 is 2.43 bits per heavy atom. The molecule has 0 heterocycles. The van der Waals surface area contributed by atoms with Gasteiger partial charge in [-0.15, -0.1) is 0 Å². The minimum absolute atomic E-state index is 0.632. The summed E-state index contributed by atoms with van der Waals surface area (Å²) in [6, 6.07) is 0. The quantitative estimate of drug-likeness (QED) is 0.433. The van der Waals surface area contributed by atoms with Gasteiger partial charge >= 0.3 is 0 Å². The third-order valence-electron chi connectivity index (χ3n) is 1.35. The van der Waals surface area contributed by atoms with Crippen molar-refractivity contribution in [3.63, 3.8) is 0 Å². The van der Waals surface area contributed by atoms with E-state index in [4.69, 9.17) is 12.2 Å². The van der Waals surface area contributed by atoms with Crippen LogP contribution in [-0.4, -0.2) is 4.86 Å². The molecule has 1 aliphatic carbocycles. The van der Waals surface area contributed by atoms with Crippen molar-refractivity contribution < 1.29 is 0 Å². The lowest BCUT2D eigenvalue weighted by molar-refractivity contribution is 0.692. The van der Waals surface area contributed by atoms with Gasteiger partial charge in [-0.3, -0.25) is 0 Å². The Kier molecular flexibility index (Phi) is 1.43. The van der Waals surface area contributed by atoms with Gasteiger partial charge in [-0.25, -0.2) is 0 Å². The lowest BCUT2D eigenvalue weighted by atomic mass is 10.2. The summed E-state index contributed by atoms with van der Waals surface area (Å²) in [5, 5.41) is 0. The van der Waals surface area contributed by atoms with Crippen LogP contribution in [0.1, 0.15) is 19.3 Å². The van der Waals surface area contributed by atoms with E-state index in [9.17, 15) is 0 Å². The minimum atomic E-state index is 0.632. The van der Waals surface area contributed by atoms with E-state index >= 15 is 0 Å². The van der Waals surface area contributed by atoms with E-state index in [1.165, 1.54) is 11.3 Å². The van der Waals surface area contributed by atoms with Crippen LogP contribution in [0.3, 0.4) is 0 Å². The summed E-state index contributed by atoms with van der Waals surface area (Å²) >= 11 is 4.96. The normalized spacial score (nSPS) is 31.6. The summed E-state index contributed by atoms with van der Waals surface area (Å²) in [7, 11) is 0. The first-order valence-electron chi connectivity index (χ1n) is 2.64. The standard InChI is InChI=1S/C6H9S/c1-5-2-3-6(7)4-5/h5H,1-4H2. The molecule has 1 aliphatic rings. The predicted molar refractivity (Wildman–Crippen MR) is 35.3 cm³/mol. The van der Waals surface area contributed by atoms with Crippen LogP contribution in [0.15, 0.2) is 0 Å². The van der Waals surface area contributed by atoms with Crippen LogP contribution in [-0.2, 0) is 0 Å². The highest BCUT2D eigenvalue weighted by atomic mass is 32.1. The summed E-state index contributed by atoms with van der Waals surface area (Å²) in [5.74, 6) is 0.632. The monoisotopic (exact) mass is 113 g/mol. The highest BCUT2D eigenvalue weighted by Crippen LogP contribution is 2.21. The van der Waals surface area contributed by atoms with E-state index in [-0.39, 0.29) is 0 Å². The van der Waals surface area contributed by atoms with Crippen molar-refractivity contribution in [3.8, 4) is 0 Å². The third kappa shape index (κ3) is 1.23. The molecule has 0 N–H and O–H groups in total. The van der Waals surface area contributed by atoms with E-state index in [0.29, 0.717) is 5.92 Å². The number of thiocarbonyl (C=S) groups is 1. The second-order valence-corrected chi connectivity index (χ2v) is 2.72. The zero-order valence-electron chi connectivity index (χ0n) is 4.31. The molecule has 0 amide bonds. The van der Waals surface area contributed by atoms with Crippen LogP contribution < -0.4 is 0 Å². The van der Waals surface area contributed by atoms with Crippen LogP contribution in [0.5, 0.6) is 0 Å². The van der Waals surface area contributed by atoms with Crippen LogP contribution in [0, 0.1) is 12.8 Å². The molecule has 7 heavy (non-hydrogen) atoms. The maximum atomic E-state index is 4.96. The van der Waals surface area contributed by atoms with Gasteiger partial charge in [0.05, 0.1) is 0 Å². The van der Waals surface area contributed by atoms with Crippen LogP contribution in [0.25, 0.3) is 0 Å². The van der Waals surface area contributed by atoms with E-state index in [2.05, 4.69) is 6.92 Å². The van der Waals surface area contributed by atoms with E-state index in [0.717, 1.165) is 12.8 Å². The molecule has 0 saturated heterocycles. The maximum Gasteiger partial charge on any atom is -0.00686 e. The average Bonchev–Trinajstić information content (AvgIpc) is 1.87. The second kappa shape index (κ2) is 1.91. The number of rotatable bonds is 0. The topological polar surface area (TPSA) is 0 Å². The first-order valence-corrected chi connectivity index (χ1v) is 3.04. The Labute approximate surface area is 49.9 Å². The first-order chi connectivity index (χ1) is 3.29. The smallest absolute Gasteiger partial charge is 0.00686 e. The van der Waals surface area contributed by atoms with Gasteiger partial charge in [-0.2, -0.15) is 0 Å². The molecule has 0 aromatic heterocycles. The number of hydrogen-bond donors (Lipinski definition) is 0. The Bertz CT molecular complexity index is 86.2. The molecule has 1 atom stereocenters. The maximum absolute atomic E-state index is 4.96. The van der Waals surface area contributed by atoms with Crippen molar-refractivity contribution in [2.24, 2.45) is 5.92 Å². The molecule has 0 nitrogen and oxygen atoms in total. The lowest BCUT2D eigenvalue weighted by Gasteiger charge is -1.90. The fourth-order valence-corrected chi connectivity index (χ4v) is 1.24. The molecule has 39 valence electrons. The molecule has 1 saturated carbocycles. The summed E-state index contributed by atoms with van der Waals surface area (Å²) in [4.78, 5) is 1.22. The molecule has 0 bridgehead atoms. The summed E-state index contributed by atoms with van der Waals surface area (Å²) in [6.45, 7) is 3.90. The predicted octanol–water partition coefficient (Wildman–Crippen LogP) is 1.99. The zero-order valence-corrected chi connectivity index (χ0v) is 5.13. The van der Waals surface area contributed by atoms with Crippen LogP contribution >= 0.6 is 12.2 Å². The van der Waals surface area contributed by atoms with Crippen molar-refractivity contribution in [3.05, 3.63) is 6.92 Å². The van der Waals surface area contributed by atoms with Gasteiger partial charge in [-0.05, 0) is 37.0 Å². The Balaban J connectivity index is 2.40. The van der Waals surface area contributed by atoms with Crippen molar-refractivity contribution in [1.29, 1.82) is 0 Å². The molecule has 1 rings (SSSR count). The number of hydrogen-bond acceptors (Lipinski definition) is 1. The molecular formula is C6H9S. The van der Waals surface area contributed by atoms with Crippen LogP contribution in [0.2, 0.25) is 0 Å². The van der Waals surface area contributed by atoms with Crippen molar-refractivity contribution in [2.75, 3.05) is 0 Å². The molecule has 1 heteroatoms. The van der Waals surface area contributed by atoms with Crippen LogP contribution in [0.4, 0.5) is 0 Å². The molecule has 0 aromatic carbocycles. The Morgan fingerprint density at radius 1 is 1.71 bits per heavy atom. The van der Waals surface area contributed by atoms with Gasteiger partial charge in [0.1, 0.15) is 0 Å². The Hall–Kier alpha value is 0.0900. The highest BCUT2D eigenvalue weighted by molar-refractivity contribution is 7.80. The first kappa shape index (κ1) is 5.23. The van der Waals surface area contributed by atoms with Gasteiger partial charge in [0.15, 0.2) is 0 Å². The summed E-state index contributed by atoms with van der Waals surface area (Å²) < 4.78 is 0. The SMILES string of the molecule is [CH2]C1CCC(=S)C1. The van der Waals surface area contributed by atoms with Gasteiger partial charge in [0.2, 0.25) is 0 Å². The second-order valence-electron chi connectivity index (χ2n) is 2.15. The zero-order chi connectivity index (χ0) is 5.28. The summed E-state index contributed by atoms with van der Waals surface area (Å²) in [5.41, 5.74) is 0. The largest absolute Gasteiger partial charge is 0.0897 e. The van der Waals surface area contributed by atoms with Crippen molar-refractivity contribution >= 4 is 17.1 Å². The summed E-state index contributed by atoms with van der Waals surface area (Å²) in [6.07, 6.45) is 3.46. The lowest BCUT2D eigenvalue weighted by Crippen LogP contribution is -1.84. The van der Waals surface area contributed by atoms with Gasteiger partial charge in [0, 0.05) is 0 Å². The molecule has 1 radical (unpaired) electrons. The molecular weight excluding hydrogens is 104 g/mol. The minimum Gasteiger partial charge on any atom is -0.0897 e. The molecule has 0 spiro atoms. The molecule has 1 fully saturated rings. The van der Waals surface area contributed by atoms with Crippen molar-refractivity contribution in [1.82, 2.24) is 0 Å². The molecule has 0 aliphatic heterocycles. The van der Waals surface area contributed by atoms with Gasteiger partial charge in [0.25, 0.3) is 0 Å².